The summed E-state index contributed by atoms with van der Waals surface area (Å²) in [5.41, 5.74) is 1.07. The molecule has 0 heterocycles. The van der Waals surface area contributed by atoms with E-state index in [1.54, 1.807) is 0 Å². The molecular formula is C7H15NO. The number of hydrogen-bond acceptors (Lipinski definition) is 1. The van der Waals surface area contributed by atoms with E-state index in [0.29, 0.717) is 0 Å². The normalized spacial score (nSPS) is 22.3. The van der Waals surface area contributed by atoms with Crippen molar-refractivity contribution in [2.24, 2.45) is 5.92 Å². The smallest absolute Gasteiger partial charge is 0.0781 e. The fourth-order valence-corrected chi connectivity index (χ4v) is 1.56. The SMILES string of the molecule is [O-][NH2+]CC1CCCCC1. The Bertz CT molecular complexity index is 66.6. The van der Waals surface area contributed by atoms with Crippen LogP contribution in [0.1, 0.15) is 32.1 Å². The molecule has 0 unspecified atom stereocenters. The first-order valence-electron chi connectivity index (χ1n) is 3.87. The van der Waals surface area contributed by atoms with Gasteiger partial charge < -0.3 is 10.7 Å². The summed E-state index contributed by atoms with van der Waals surface area (Å²) in [6.45, 7) is 0.806. The van der Waals surface area contributed by atoms with Gasteiger partial charge in [-0.15, -0.1) is 0 Å². The molecule has 1 aliphatic rings. The second-order valence-corrected chi connectivity index (χ2v) is 2.91. The van der Waals surface area contributed by atoms with E-state index in [1.807, 2.05) is 0 Å². The quantitative estimate of drug-likeness (QED) is 0.546. The second-order valence-electron chi connectivity index (χ2n) is 2.91. The summed E-state index contributed by atoms with van der Waals surface area (Å²) in [5, 5.41) is 10.1. The third-order valence-corrected chi connectivity index (χ3v) is 2.15. The molecule has 0 radical (unpaired) electrons. The van der Waals surface area contributed by atoms with Crippen molar-refractivity contribution in [2.45, 2.75) is 32.1 Å². The molecule has 0 aromatic heterocycles. The third-order valence-electron chi connectivity index (χ3n) is 2.15. The minimum absolute atomic E-state index is 0.733. The van der Waals surface area contributed by atoms with E-state index < -0.39 is 0 Å². The van der Waals surface area contributed by atoms with Gasteiger partial charge in [0.2, 0.25) is 0 Å². The van der Waals surface area contributed by atoms with Crippen molar-refractivity contribution in [1.82, 2.24) is 0 Å². The standard InChI is InChI=1S/C7H15NO/c9-8-6-7-4-2-1-3-5-7/h7H,1-6,8H2. The Hall–Kier alpha value is -0.0800. The molecule has 9 heavy (non-hydrogen) atoms. The van der Waals surface area contributed by atoms with Gasteiger partial charge in [-0.05, 0) is 12.8 Å². The maximum atomic E-state index is 10.1. The summed E-state index contributed by atoms with van der Waals surface area (Å²) in [7, 11) is 0. The minimum atomic E-state index is 0.733. The van der Waals surface area contributed by atoms with E-state index in [0.717, 1.165) is 17.9 Å². The summed E-state index contributed by atoms with van der Waals surface area (Å²) < 4.78 is 0. The largest absolute Gasteiger partial charge is 0.636 e. The van der Waals surface area contributed by atoms with Gasteiger partial charge in [0, 0.05) is 5.92 Å². The molecule has 1 saturated carbocycles. The van der Waals surface area contributed by atoms with Crippen LogP contribution in [0, 0.1) is 11.1 Å². The van der Waals surface area contributed by atoms with Crippen molar-refractivity contribution in [3.63, 3.8) is 0 Å². The molecule has 54 valence electrons. The Morgan fingerprint density at radius 3 is 2.44 bits per heavy atom. The van der Waals surface area contributed by atoms with Crippen LogP contribution in [0.3, 0.4) is 0 Å². The van der Waals surface area contributed by atoms with Crippen molar-refractivity contribution in [3.05, 3.63) is 5.21 Å². The zero-order chi connectivity index (χ0) is 6.53. The minimum Gasteiger partial charge on any atom is -0.636 e. The van der Waals surface area contributed by atoms with Crippen molar-refractivity contribution in [3.8, 4) is 0 Å². The van der Waals surface area contributed by atoms with Crippen LogP contribution in [-0.2, 0) is 0 Å². The Morgan fingerprint density at radius 2 is 1.89 bits per heavy atom. The number of hydroxylamine groups is 1. The molecule has 0 saturated heterocycles. The zero-order valence-electron chi connectivity index (χ0n) is 5.81. The van der Waals surface area contributed by atoms with Crippen LogP contribution in [0.15, 0.2) is 0 Å². The van der Waals surface area contributed by atoms with Crippen LogP contribution >= 0.6 is 0 Å². The molecule has 1 rings (SSSR count). The van der Waals surface area contributed by atoms with Gasteiger partial charge in [-0.2, -0.15) is 0 Å². The molecule has 2 heteroatoms. The summed E-state index contributed by atoms with van der Waals surface area (Å²) in [5.74, 6) is 0.733. The van der Waals surface area contributed by atoms with Gasteiger partial charge in [0.25, 0.3) is 0 Å². The first-order chi connectivity index (χ1) is 4.43. The van der Waals surface area contributed by atoms with Crippen LogP contribution in [0.5, 0.6) is 0 Å². The third kappa shape index (κ3) is 2.33. The molecule has 1 aliphatic carbocycles. The van der Waals surface area contributed by atoms with Crippen LogP contribution in [0.25, 0.3) is 0 Å². The van der Waals surface area contributed by atoms with Crippen molar-refractivity contribution >= 4 is 0 Å². The second kappa shape index (κ2) is 3.85. The molecule has 0 aliphatic heterocycles. The Morgan fingerprint density at radius 1 is 1.22 bits per heavy atom. The molecule has 0 bridgehead atoms. The number of quaternary nitrogens is 1. The predicted octanol–water partition coefficient (Wildman–Crippen LogP) is 0.628. The van der Waals surface area contributed by atoms with E-state index >= 15 is 0 Å². The predicted molar refractivity (Wildman–Crippen MR) is 36.7 cm³/mol. The molecule has 0 atom stereocenters. The summed E-state index contributed by atoms with van der Waals surface area (Å²) in [6.07, 6.45) is 6.66. The lowest BCUT2D eigenvalue weighted by Crippen LogP contribution is -2.79. The number of hydrogen-bond donors (Lipinski definition) is 1. The highest BCUT2D eigenvalue weighted by atomic mass is 16.5. The number of nitrogens with two attached hydrogens (primary N) is 1. The lowest BCUT2D eigenvalue weighted by molar-refractivity contribution is -0.596. The van der Waals surface area contributed by atoms with E-state index in [9.17, 15) is 5.21 Å². The van der Waals surface area contributed by atoms with Crippen LogP contribution < -0.4 is 5.48 Å². The van der Waals surface area contributed by atoms with E-state index in [2.05, 4.69) is 0 Å². The zero-order valence-corrected chi connectivity index (χ0v) is 5.81. The van der Waals surface area contributed by atoms with Crippen LogP contribution in [-0.4, -0.2) is 6.54 Å². The van der Waals surface area contributed by atoms with Crippen LogP contribution in [0.4, 0.5) is 0 Å². The Labute approximate surface area is 56.2 Å². The van der Waals surface area contributed by atoms with E-state index in [1.165, 1.54) is 32.1 Å². The maximum Gasteiger partial charge on any atom is 0.0781 e. The molecule has 0 aromatic carbocycles. The van der Waals surface area contributed by atoms with Crippen molar-refractivity contribution < 1.29 is 5.48 Å². The average molecular weight is 129 g/mol. The molecule has 0 spiro atoms. The highest BCUT2D eigenvalue weighted by molar-refractivity contribution is 4.63. The lowest BCUT2D eigenvalue weighted by atomic mass is 9.89. The lowest BCUT2D eigenvalue weighted by Gasteiger charge is -2.20. The van der Waals surface area contributed by atoms with Gasteiger partial charge in [0.1, 0.15) is 0 Å². The molecule has 2 nitrogen and oxygen atoms in total. The van der Waals surface area contributed by atoms with Gasteiger partial charge in [0.15, 0.2) is 0 Å². The molecular weight excluding hydrogens is 114 g/mol. The molecule has 1 fully saturated rings. The van der Waals surface area contributed by atoms with E-state index in [-0.39, 0.29) is 0 Å². The van der Waals surface area contributed by atoms with Gasteiger partial charge in [-0.25, -0.2) is 0 Å². The molecule has 0 aromatic rings. The summed E-state index contributed by atoms with van der Waals surface area (Å²) >= 11 is 0. The highest BCUT2D eigenvalue weighted by Gasteiger charge is 2.12. The van der Waals surface area contributed by atoms with Gasteiger partial charge in [0.05, 0.1) is 6.54 Å². The fourth-order valence-electron chi connectivity index (χ4n) is 1.56. The monoisotopic (exact) mass is 129 g/mol. The van der Waals surface area contributed by atoms with Crippen molar-refractivity contribution in [2.75, 3.05) is 6.54 Å². The Kier molecular flexibility index (Phi) is 3.01. The van der Waals surface area contributed by atoms with Gasteiger partial charge in [-0.1, -0.05) is 19.3 Å². The molecule has 2 N–H and O–H groups in total. The maximum absolute atomic E-state index is 10.1. The first kappa shape index (κ1) is 7.03. The van der Waals surface area contributed by atoms with Gasteiger partial charge >= 0.3 is 0 Å². The van der Waals surface area contributed by atoms with Crippen LogP contribution in [0.2, 0.25) is 0 Å². The first-order valence-corrected chi connectivity index (χ1v) is 3.87. The number of rotatable bonds is 2. The fraction of sp³-hybridized carbons (Fsp3) is 1.00. The topological polar surface area (TPSA) is 39.7 Å². The van der Waals surface area contributed by atoms with E-state index in [4.69, 9.17) is 0 Å². The Balaban J connectivity index is 2.08. The molecule has 0 amide bonds. The average Bonchev–Trinajstić information content (AvgIpc) is 1.91. The van der Waals surface area contributed by atoms with Gasteiger partial charge in [-0.3, -0.25) is 0 Å². The highest BCUT2D eigenvalue weighted by Crippen LogP contribution is 2.21. The van der Waals surface area contributed by atoms with Crippen molar-refractivity contribution in [1.29, 1.82) is 0 Å². The summed E-state index contributed by atoms with van der Waals surface area (Å²) in [4.78, 5) is 0. The summed E-state index contributed by atoms with van der Waals surface area (Å²) in [6, 6.07) is 0.